The van der Waals surface area contributed by atoms with E-state index in [0.717, 1.165) is 0 Å². The summed E-state index contributed by atoms with van der Waals surface area (Å²) in [6.07, 6.45) is 0. The highest BCUT2D eigenvalue weighted by Crippen LogP contribution is 2.42. The maximum atomic E-state index is 2.26. The Bertz CT molecular complexity index is 418. The van der Waals surface area contributed by atoms with Gasteiger partial charge in [-0.1, -0.05) is 20.8 Å². The highest BCUT2D eigenvalue weighted by Gasteiger charge is 2.16. The number of thiophene rings is 2. The molecule has 0 fully saturated rings. The lowest BCUT2D eigenvalue weighted by Crippen LogP contribution is -2.06. The molecule has 0 saturated heterocycles. The molecule has 0 aliphatic heterocycles. The van der Waals surface area contributed by atoms with Crippen LogP contribution in [0.3, 0.4) is 0 Å². The van der Waals surface area contributed by atoms with Gasteiger partial charge in [-0.25, -0.2) is 0 Å². The van der Waals surface area contributed by atoms with Crippen LogP contribution in [0.5, 0.6) is 0 Å². The first kappa shape index (κ1) is 11.2. The normalized spacial score (nSPS) is 11.9. The number of thioether (sulfide) groups is 1. The lowest BCUT2D eigenvalue weighted by Gasteiger charge is -2.17. The zero-order chi connectivity index (χ0) is 10.9. The van der Waals surface area contributed by atoms with E-state index in [2.05, 4.69) is 49.0 Å². The van der Waals surface area contributed by atoms with Gasteiger partial charge in [-0.3, -0.25) is 0 Å². The minimum Gasteiger partial charge on any atom is -0.152 e. The van der Waals surface area contributed by atoms with Crippen molar-refractivity contribution in [3.63, 3.8) is 0 Å². The molecule has 0 aromatic carbocycles. The summed E-state index contributed by atoms with van der Waals surface area (Å²) in [7, 11) is 0. The molecule has 0 spiro atoms. The molecular weight excluding hydrogens is 240 g/mol. The van der Waals surface area contributed by atoms with E-state index in [9.17, 15) is 0 Å². The standard InChI is InChI=1S/C12H14S3/c1-12(2,3)15-11-10(5-7-14-11)9-4-6-13-8-9/h4-8H,1-3H3. The van der Waals surface area contributed by atoms with Gasteiger partial charge in [0.1, 0.15) is 0 Å². The molecule has 2 rings (SSSR count). The van der Waals surface area contributed by atoms with Crippen molar-refractivity contribution < 1.29 is 0 Å². The van der Waals surface area contributed by atoms with E-state index in [1.54, 1.807) is 11.3 Å². The van der Waals surface area contributed by atoms with Gasteiger partial charge in [-0.2, -0.15) is 11.3 Å². The Balaban J connectivity index is 2.31. The summed E-state index contributed by atoms with van der Waals surface area (Å²) in [5, 5.41) is 6.54. The zero-order valence-electron chi connectivity index (χ0n) is 9.11. The summed E-state index contributed by atoms with van der Waals surface area (Å²) in [5.74, 6) is 0. The fraction of sp³-hybridized carbons (Fsp3) is 0.333. The van der Waals surface area contributed by atoms with E-state index in [1.807, 2.05) is 23.1 Å². The van der Waals surface area contributed by atoms with E-state index in [1.165, 1.54) is 15.3 Å². The Labute approximate surface area is 103 Å². The third-order valence-corrected chi connectivity index (χ3v) is 4.81. The Morgan fingerprint density at radius 3 is 2.53 bits per heavy atom. The van der Waals surface area contributed by atoms with Crippen LogP contribution in [0.15, 0.2) is 32.5 Å². The van der Waals surface area contributed by atoms with E-state index in [0.29, 0.717) is 0 Å². The minimum atomic E-state index is 0.287. The SMILES string of the molecule is CC(C)(C)Sc1sccc1-c1ccsc1. The van der Waals surface area contributed by atoms with Crippen LogP contribution in [0.2, 0.25) is 0 Å². The van der Waals surface area contributed by atoms with Crippen LogP contribution in [-0.4, -0.2) is 4.75 Å². The highest BCUT2D eigenvalue weighted by atomic mass is 32.2. The van der Waals surface area contributed by atoms with E-state index in [-0.39, 0.29) is 4.75 Å². The predicted molar refractivity (Wildman–Crippen MR) is 73.2 cm³/mol. The van der Waals surface area contributed by atoms with Crippen LogP contribution in [0.4, 0.5) is 0 Å². The van der Waals surface area contributed by atoms with Crippen LogP contribution in [-0.2, 0) is 0 Å². The molecule has 0 aliphatic carbocycles. The number of hydrogen-bond acceptors (Lipinski definition) is 3. The van der Waals surface area contributed by atoms with Gasteiger partial charge in [0.15, 0.2) is 0 Å². The summed E-state index contributed by atoms with van der Waals surface area (Å²) in [6, 6.07) is 4.42. The van der Waals surface area contributed by atoms with Crippen LogP contribution in [0, 0.1) is 0 Å². The Morgan fingerprint density at radius 1 is 1.13 bits per heavy atom. The second kappa shape index (κ2) is 4.32. The molecule has 0 atom stereocenters. The van der Waals surface area contributed by atoms with Crippen LogP contribution in [0.1, 0.15) is 20.8 Å². The van der Waals surface area contributed by atoms with Gasteiger partial charge < -0.3 is 0 Å². The van der Waals surface area contributed by atoms with E-state index >= 15 is 0 Å². The number of rotatable bonds is 2. The third kappa shape index (κ3) is 2.86. The molecule has 3 heteroatoms. The second-order valence-electron chi connectivity index (χ2n) is 4.35. The summed E-state index contributed by atoms with van der Waals surface area (Å²) >= 11 is 5.56. The Hall–Kier alpha value is -0.250. The maximum absolute atomic E-state index is 2.26. The quantitative estimate of drug-likeness (QED) is 0.649. The van der Waals surface area contributed by atoms with Crippen LogP contribution >= 0.6 is 34.4 Å². The van der Waals surface area contributed by atoms with Gasteiger partial charge >= 0.3 is 0 Å². The molecule has 0 bridgehead atoms. The van der Waals surface area contributed by atoms with Crippen LogP contribution < -0.4 is 0 Å². The third-order valence-electron chi connectivity index (χ3n) is 1.86. The molecule has 0 aliphatic rings. The molecule has 0 amide bonds. The lowest BCUT2D eigenvalue weighted by molar-refractivity contribution is 0.804. The molecule has 0 N–H and O–H groups in total. The molecule has 0 radical (unpaired) electrons. The molecule has 2 heterocycles. The lowest BCUT2D eigenvalue weighted by atomic mass is 10.2. The fourth-order valence-electron chi connectivity index (χ4n) is 1.28. The predicted octanol–water partition coefficient (Wildman–Crippen LogP) is 5.37. The van der Waals surface area contributed by atoms with Gasteiger partial charge in [0.25, 0.3) is 0 Å². The molecule has 0 nitrogen and oxygen atoms in total. The summed E-state index contributed by atoms with van der Waals surface area (Å²) < 4.78 is 1.72. The van der Waals surface area contributed by atoms with Crippen molar-refractivity contribution in [1.29, 1.82) is 0 Å². The molecule has 2 aromatic heterocycles. The first-order valence-corrected chi connectivity index (χ1v) is 7.49. The van der Waals surface area contributed by atoms with Gasteiger partial charge in [-0.05, 0) is 33.8 Å². The molecule has 0 unspecified atom stereocenters. The highest BCUT2D eigenvalue weighted by molar-refractivity contribution is 8.02. The first-order chi connectivity index (χ1) is 7.06. The molecule has 80 valence electrons. The fourth-order valence-corrected chi connectivity index (χ4v) is 4.54. The smallest absolute Gasteiger partial charge is 0.0682 e. The van der Waals surface area contributed by atoms with Crippen molar-refractivity contribution in [3.05, 3.63) is 28.3 Å². The van der Waals surface area contributed by atoms with Gasteiger partial charge in [0.2, 0.25) is 0 Å². The maximum Gasteiger partial charge on any atom is 0.0682 e. The summed E-state index contributed by atoms with van der Waals surface area (Å²) in [4.78, 5) is 0. The molecule has 2 aromatic rings. The van der Waals surface area contributed by atoms with E-state index in [4.69, 9.17) is 0 Å². The Morgan fingerprint density at radius 2 is 1.93 bits per heavy atom. The van der Waals surface area contributed by atoms with Crippen molar-refractivity contribution in [2.45, 2.75) is 29.7 Å². The van der Waals surface area contributed by atoms with Gasteiger partial charge in [-0.15, -0.1) is 23.1 Å². The summed E-state index contributed by atoms with van der Waals surface area (Å²) in [6.45, 7) is 6.78. The largest absolute Gasteiger partial charge is 0.152 e. The van der Waals surface area contributed by atoms with Crippen molar-refractivity contribution in [2.75, 3.05) is 0 Å². The number of hydrogen-bond donors (Lipinski definition) is 0. The Kier molecular flexibility index (Phi) is 3.24. The average molecular weight is 254 g/mol. The van der Waals surface area contributed by atoms with Crippen molar-refractivity contribution >= 4 is 34.4 Å². The first-order valence-electron chi connectivity index (χ1n) is 4.85. The second-order valence-corrected chi connectivity index (χ2v) is 8.14. The summed E-state index contributed by atoms with van der Waals surface area (Å²) in [5.41, 5.74) is 2.74. The zero-order valence-corrected chi connectivity index (χ0v) is 11.6. The molecular formula is C12H14S3. The van der Waals surface area contributed by atoms with Crippen molar-refractivity contribution in [2.24, 2.45) is 0 Å². The van der Waals surface area contributed by atoms with Crippen molar-refractivity contribution in [1.82, 2.24) is 0 Å². The van der Waals surface area contributed by atoms with Crippen molar-refractivity contribution in [3.8, 4) is 11.1 Å². The van der Waals surface area contributed by atoms with Gasteiger partial charge in [0, 0.05) is 10.3 Å². The molecule has 0 saturated carbocycles. The topological polar surface area (TPSA) is 0 Å². The molecule has 15 heavy (non-hydrogen) atoms. The van der Waals surface area contributed by atoms with E-state index < -0.39 is 0 Å². The monoisotopic (exact) mass is 254 g/mol. The van der Waals surface area contributed by atoms with Gasteiger partial charge in [0.05, 0.1) is 4.21 Å². The minimum absolute atomic E-state index is 0.287. The average Bonchev–Trinajstić information content (AvgIpc) is 2.68. The van der Waals surface area contributed by atoms with Crippen LogP contribution in [0.25, 0.3) is 11.1 Å².